The number of hydrogen-bond donors (Lipinski definition) is 2. The Balaban J connectivity index is 1.83. The van der Waals surface area contributed by atoms with Crippen molar-refractivity contribution in [2.45, 2.75) is 80.3 Å². The van der Waals surface area contributed by atoms with Crippen LogP contribution in [0.25, 0.3) is 11.4 Å². The molecule has 8 heteroatoms. The normalized spacial score (nSPS) is 15.1. The Hall–Kier alpha value is -2.45. The fourth-order valence-corrected chi connectivity index (χ4v) is 3.37. The summed E-state index contributed by atoms with van der Waals surface area (Å²) in [5, 5.41) is 22.6. The minimum absolute atomic E-state index is 0.0343. The molecule has 0 spiro atoms. The second-order valence-corrected chi connectivity index (χ2v) is 10.3. The maximum absolute atomic E-state index is 12.7. The van der Waals surface area contributed by atoms with Crippen molar-refractivity contribution in [3.05, 3.63) is 35.7 Å². The van der Waals surface area contributed by atoms with Crippen LogP contribution in [0.3, 0.4) is 0 Å². The topological polar surface area (TPSA) is 102 Å². The molecule has 0 aliphatic heterocycles. The van der Waals surface area contributed by atoms with E-state index in [1.165, 1.54) is 0 Å². The lowest BCUT2D eigenvalue weighted by Gasteiger charge is -2.33. The molecule has 0 saturated heterocycles. The molecule has 34 heavy (non-hydrogen) atoms. The predicted octanol–water partition coefficient (Wildman–Crippen LogP) is 4.10. The van der Waals surface area contributed by atoms with Crippen molar-refractivity contribution in [2.24, 2.45) is 10.8 Å². The molecule has 188 valence electrons. The average Bonchev–Trinajstić information content (AvgIpc) is 2.82. The molecule has 0 aliphatic rings. The Bertz CT molecular complexity index is 887. The molecule has 8 nitrogen and oxygen atoms in total. The van der Waals surface area contributed by atoms with Gasteiger partial charge in [0.25, 0.3) is 0 Å². The highest BCUT2D eigenvalue weighted by Crippen LogP contribution is 2.28. The van der Waals surface area contributed by atoms with Gasteiger partial charge in [-0.25, -0.2) is 0 Å². The zero-order chi connectivity index (χ0) is 25.2. The third-order valence-electron chi connectivity index (χ3n) is 6.41. The van der Waals surface area contributed by atoms with Gasteiger partial charge < -0.3 is 15.4 Å². The van der Waals surface area contributed by atoms with Crippen molar-refractivity contribution < 1.29 is 9.53 Å². The van der Waals surface area contributed by atoms with Gasteiger partial charge in [0.05, 0.1) is 13.2 Å². The van der Waals surface area contributed by atoms with Crippen LogP contribution in [-0.2, 0) is 16.1 Å². The maximum Gasteiger partial charge on any atom is 0.220 e. The van der Waals surface area contributed by atoms with Gasteiger partial charge >= 0.3 is 0 Å². The van der Waals surface area contributed by atoms with Gasteiger partial charge in [-0.15, -0.1) is 20.4 Å². The monoisotopic (exact) mass is 470 g/mol. The van der Waals surface area contributed by atoms with Crippen LogP contribution >= 0.6 is 0 Å². The third kappa shape index (κ3) is 9.06. The molecular weight excluding hydrogens is 428 g/mol. The molecule has 2 N–H and O–H groups in total. The second-order valence-electron chi connectivity index (χ2n) is 10.3. The number of nitrogens with zero attached hydrogens (tertiary/aromatic N) is 4. The fraction of sp³-hybridized carbons (Fsp3) is 0.654. The second kappa shape index (κ2) is 12.9. The van der Waals surface area contributed by atoms with E-state index in [1.54, 1.807) is 6.92 Å². The summed E-state index contributed by atoms with van der Waals surface area (Å²) in [5.74, 6) is 1.06. The molecule has 1 aromatic carbocycles. The van der Waals surface area contributed by atoms with E-state index in [0.29, 0.717) is 43.9 Å². The van der Waals surface area contributed by atoms with E-state index in [1.807, 2.05) is 24.3 Å². The van der Waals surface area contributed by atoms with Crippen LogP contribution in [0.15, 0.2) is 24.3 Å². The Morgan fingerprint density at radius 3 is 2.12 bits per heavy atom. The number of hydrogen-bond acceptors (Lipinski definition) is 7. The lowest BCUT2D eigenvalue weighted by Crippen LogP contribution is -2.39. The molecule has 2 aromatic rings. The molecule has 1 amide bonds. The summed E-state index contributed by atoms with van der Waals surface area (Å²) in [6, 6.07) is 8.20. The summed E-state index contributed by atoms with van der Waals surface area (Å²) < 4.78 is 6.16. The molecular formula is C26H42N6O2. The minimum Gasteiger partial charge on any atom is -0.380 e. The van der Waals surface area contributed by atoms with Crippen molar-refractivity contribution in [2.75, 3.05) is 19.8 Å². The van der Waals surface area contributed by atoms with Gasteiger partial charge in [0.1, 0.15) is 0 Å². The van der Waals surface area contributed by atoms with Gasteiger partial charge in [0.15, 0.2) is 5.82 Å². The summed E-state index contributed by atoms with van der Waals surface area (Å²) in [5.41, 5.74) is 1.74. The Labute approximate surface area is 204 Å². The van der Waals surface area contributed by atoms with E-state index in [0.717, 1.165) is 30.5 Å². The highest BCUT2D eigenvalue weighted by molar-refractivity contribution is 5.76. The smallest absolute Gasteiger partial charge is 0.220 e. The van der Waals surface area contributed by atoms with Crippen LogP contribution < -0.4 is 10.6 Å². The standard InChI is InChI=1S/C26H42N6O2/c1-8-25(6,17-34-18-26(7,9-2)16-28-19(3)4)14-23(33)27-15-21-10-12-22(13-11-21)24-31-29-20(5)30-32-24/h10-13,19,28H,8-9,14-18H2,1-7H3,(H,27,33). The van der Waals surface area contributed by atoms with Gasteiger partial charge in [0, 0.05) is 36.5 Å². The first-order valence-electron chi connectivity index (χ1n) is 12.3. The molecule has 2 unspecified atom stereocenters. The molecule has 2 rings (SSSR count). The first kappa shape index (κ1) is 27.8. The van der Waals surface area contributed by atoms with E-state index in [4.69, 9.17) is 4.74 Å². The van der Waals surface area contributed by atoms with Gasteiger partial charge in [-0.05, 0) is 30.7 Å². The van der Waals surface area contributed by atoms with Gasteiger partial charge in [-0.1, -0.05) is 65.8 Å². The van der Waals surface area contributed by atoms with Crippen molar-refractivity contribution >= 4 is 5.91 Å². The molecule has 2 atom stereocenters. The molecule has 0 saturated carbocycles. The molecule has 0 fully saturated rings. The maximum atomic E-state index is 12.7. The summed E-state index contributed by atoms with van der Waals surface area (Å²) in [7, 11) is 0. The van der Waals surface area contributed by atoms with Crippen molar-refractivity contribution in [3.63, 3.8) is 0 Å². The molecule has 1 aromatic heterocycles. The number of aromatic nitrogens is 4. The summed E-state index contributed by atoms with van der Waals surface area (Å²) in [6.07, 6.45) is 2.35. The Kier molecular flexibility index (Phi) is 10.5. The molecule has 1 heterocycles. The SMILES string of the molecule is CCC(C)(CNC(C)C)COCC(C)(CC)CC(=O)NCc1ccc(-c2nnc(C)nn2)cc1. The van der Waals surface area contributed by atoms with Crippen LogP contribution in [0.1, 0.15) is 72.2 Å². The summed E-state index contributed by atoms with van der Waals surface area (Å²) in [4.78, 5) is 12.7. The van der Waals surface area contributed by atoms with Crippen LogP contribution in [0.5, 0.6) is 0 Å². The van der Waals surface area contributed by atoms with Crippen molar-refractivity contribution in [1.82, 2.24) is 31.0 Å². The first-order valence-corrected chi connectivity index (χ1v) is 12.3. The number of amides is 1. The largest absolute Gasteiger partial charge is 0.380 e. The zero-order valence-corrected chi connectivity index (χ0v) is 21.9. The van der Waals surface area contributed by atoms with Crippen LogP contribution in [0.4, 0.5) is 0 Å². The number of ether oxygens (including phenoxy) is 1. The minimum atomic E-state index is -0.198. The van der Waals surface area contributed by atoms with Crippen LogP contribution in [0, 0.1) is 17.8 Å². The van der Waals surface area contributed by atoms with E-state index in [9.17, 15) is 4.79 Å². The zero-order valence-electron chi connectivity index (χ0n) is 21.9. The van der Waals surface area contributed by atoms with Crippen molar-refractivity contribution in [1.29, 1.82) is 0 Å². The number of carbonyl (C=O) groups excluding carboxylic acids is 1. The van der Waals surface area contributed by atoms with Crippen LogP contribution in [-0.4, -0.2) is 52.1 Å². The van der Waals surface area contributed by atoms with E-state index < -0.39 is 0 Å². The number of aryl methyl sites for hydroxylation is 1. The highest BCUT2D eigenvalue weighted by Gasteiger charge is 2.29. The lowest BCUT2D eigenvalue weighted by atomic mass is 9.84. The highest BCUT2D eigenvalue weighted by atomic mass is 16.5. The summed E-state index contributed by atoms with van der Waals surface area (Å²) in [6.45, 7) is 17.4. The van der Waals surface area contributed by atoms with E-state index >= 15 is 0 Å². The van der Waals surface area contributed by atoms with Gasteiger partial charge in [-0.2, -0.15) is 0 Å². The summed E-state index contributed by atoms with van der Waals surface area (Å²) >= 11 is 0. The number of nitrogens with one attached hydrogen (secondary N) is 2. The fourth-order valence-electron chi connectivity index (χ4n) is 3.37. The van der Waals surface area contributed by atoms with Gasteiger partial charge in [0.2, 0.25) is 11.7 Å². The van der Waals surface area contributed by atoms with Crippen molar-refractivity contribution in [3.8, 4) is 11.4 Å². The number of benzene rings is 1. The Morgan fingerprint density at radius 2 is 1.56 bits per heavy atom. The lowest BCUT2D eigenvalue weighted by molar-refractivity contribution is -0.124. The number of rotatable bonds is 14. The predicted molar refractivity (Wildman–Crippen MR) is 135 cm³/mol. The molecule has 0 aliphatic carbocycles. The van der Waals surface area contributed by atoms with Gasteiger partial charge in [-0.3, -0.25) is 4.79 Å². The van der Waals surface area contributed by atoms with E-state index in [2.05, 4.69) is 72.6 Å². The Morgan fingerprint density at radius 1 is 0.971 bits per heavy atom. The quantitative estimate of drug-likeness (QED) is 0.429. The van der Waals surface area contributed by atoms with Crippen LogP contribution in [0.2, 0.25) is 0 Å². The number of carbonyl (C=O) groups is 1. The molecule has 0 bridgehead atoms. The third-order valence-corrected chi connectivity index (χ3v) is 6.41. The first-order chi connectivity index (χ1) is 16.1. The van der Waals surface area contributed by atoms with E-state index in [-0.39, 0.29) is 16.7 Å². The average molecular weight is 471 g/mol. The molecule has 0 radical (unpaired) electrons.